The van der Waals surface area contributed by atoms with Gasteiger partial charge < -0.3 is 15.7 Å². The molecule has 104 valence electrons. The van der Waals surface area contributed by atoms with Gasteiger partial charge in [-0.15, -0.1) is 0 Å². The predicted molar refractivity (Wildman–Crippen MR) is 78.3 cm³/mol. The van der Waals surface area contributed by atoms with Gasteiger partial charge in [0.25, 0.3) is 0 Å². The number of fused-ring (bicyclic) bond motifs is 1. The molecule has 3 N–H and O–H groups in total. The monoisotopic (exact) mass is 260 g/mol. The Labute approximate surface area is 115 Å². The van der Waals surface area contributed by atoms with Crippen LogP contribution in [0.3, 0.4) is 0 Å². The zero-order chi connectivity index (χ0) is 13.1. The van der Waals surface area contributed by atoms with Crippen LogP contribution in [-0.4, -0.2) is 24.3 Å². The molecule has 0 bridgehead atoms. The largest absolute Gasteiger partial charge is 0.396 e. The van der Waals surface area contributed by atoms with E-state index in [-0.39, 0.29) is 0 Å². The van der Waals surface area contributed by atoms with Crippen molar-refractivity contribution in [1.29, 1.82) is 0 Å². The van der Waals surface area contributed by atoms with E-state index in [9.17, 15) is 5.11 Å². The summed E-state index contributed by atoms with van der Waals surface area (Å²) in [5.41, 5.74) is 4.18. The zero-order valence-corrected chi connectivity index (χ0v) is 11.5. The third-order valence-corrected chi connectivity index (χ3v) is 4.61. The smallest absolute Gasteiger partial charge is 0.0474 e. The zero-order valence-electron chi connectivity index (χ0n) is 11.5. The van der Waals surface area contributed by atoms with E-state index in [1.807, 2.05) is 0 Å². The minimum Gasteiger partial charge on any atom is -0.396 e. The maximum Gasteiger partial charge on any atom is 0.0474 e. The molecule has 0 saturated heterocycles. The molecule has 3 heteroatoms. The Kier molecular flexibility index (Phi) is 4.04. The van der Waals surface area contributed by atoms with E-state index in [0.29, 0.717) is 18.6 Å². The van der Waals surface area contributed by atoms with Crippen LogP contribution >= 0.6 is 0 Å². The second-order valence-corrected chi connectivity index (χ2v) is 5.84. The van der Waals surface area contributed by atoms with Crippen molar-refractivity contribution < 1.29 is 5.11 Å². The van der Waals surface area contributed by atoms with Gasteiger partial charge >= 0.3 is 0 Å². The normalized spacial score (nSPS) is 25.9. The van der Waals surface area contributed by atoms with Crippen molar-refractivity contribution in [2.24, 2.45) is 5.92 Å². The van der Waals surface area contributed by atoms with Crippen LogP contribution in [0.25, 0.3) is 0 Å². The first-order valence-corrected chi connectivity index (χ1v) is 7.57. The average Bonchev–Trinajstić information content (AvgIpc) is 2.92. The Bertz CT molecular complexity index is 433. The standard InChI is InChI=1S/C16H24N2O/c19-11-14-6-2-8-15(14)18-10-13-5-1-4-12-7-3-9-17-16(12)13/h1,4-5,14-15,17-19H,2-3,6-11H2. The topological polar surface area (TPSA) is 44.3 Å². The summed E-state index contributed by atoms with van der Waals surface area (Å²) in [4.78, 5) is 0. The molecule has 1 aromatic rings. The molecule has 2 atom stereocenters. The molecule has 1 aliphatic carbocycles. The highest BCUT2D eigenvalue weighted by Gasteiger charge is 2.26. The SMILES string of the molecule is OCC1CCCC1NCc1cccc2c1NCCC2. The van der Waals surface area contributed by atoms with Gasteiger partial charge in [0.15, 0.2) is 0 Å². The molecule has 1 aromatic carbocycles. The molecule has 1 saturated carbocycles. The van der Waals surface area contributed by atoms with Crippen molar-refractivity contribution in [1.82, 2.24) is 5.32 Å². The minimum atomic E-state index is 0.322. The lowest BCUT2D eigenvalue weighted by atomic mass is 9.98. The fraction of sp³-hybridized carbons (Fsp3) is 0.625. The number of aliphatic hydroxyl groups excluding tert-OH is 1. The molecule has 0 spiro atoms. The van der Waals surface area contributed by atoms with E-state index in [0.717, 1.165) is 13.1 Å². The maximum absolute atomic E-state index is 9.37. The highest BCUT2D eigenvalue weighted by molar-refractivity contribution is 5.59. The fourth-order valence-corrected chi connectivity index (χ4v) is 3.49. The Balaban J connectivity index is 1.67. The number of anilines is 1. The Hall–Kier alpha value is -1.06. The number of nitrogens with one attached hydrogen (secondary N) is 2. The van der Waals surface area contributed by atoms with Crippen LogP contribution in [0.4, 0.5) is 5.69 Å². The van der Waals surface area contributed by atoms with Gasteiger partial charge in [0.1, 0.15) is 0 Å². The molecule has 19 heavy (non-hydrogen) atoms. The second kappa shape index (κ2) is 5.93. The Morgan fingerprint density at radius 3 is 3.11 bits per heavy atom. The van der Waals surface area contributed by atoms with Gasteiger partial charge in [-0.2, -0.15) is 0 Å². The summed E-state index contributed by atoms with van der Waals surface area (Å²) in [6.45, 7) is 2.33. The van der Waals surface area contributed by atoms with E-state index in [1.54, 1.807) is 0 Å². The van der Waals surface area contributed by atoms with Crippen LogP contribution in [0.1, 0.15) is 36.8 Å². The highest BCUT2D eigenvalue weighted by atomic mass is 16.3. The van der Waals surface area contributed by atoms with Crippen LogP contribution in [0.5, 0.6) is 0 Å². The summed E-state index contributed by atoms with van der Waals surface area (Å²) in [6, 6.07) is 7.11. The number of hydrogen-bond donors (Lipinski definition) is 3. The molecule has 0 radical (unpaired) electrons. The van der Waals surface area contributed by atoms with Crippen molar-refractivity contribution in [3.05, 3.63) is 29.3 Å². The molecule has 0 amide bonds. The van der Waals surface area contributed by atoms with Crippen LogP contribution in [-0.2, 0) is 13.0 Å². The molecule has 0 aromatic heterocycles. The Morgan fingerprint density at radius 1 is 1.26 bits per heavy atom. The number of benzene rings is 1. The molecule has 3 nitrogen and oxygen atoms in total. The number of aliphatic hydroxyl groups is 1. The van der Waals surface area contributed by atoms with E-state index in [2.05, 4.69) is 28.8 Å². The number of hydrogen-bond acceptors (Lipinski definition) is 3. The molecule has 2 aliphatic rings. The van der Waals surface area contributed by atoms with Gasteiger partial charge in [-0.1, -0.05) is 24.6 Å². The van der Waals surface area contributed by atoms with E-state index >= 15 is 0 Å². The lowest BCUT2D eigenvalue weighted by Crippen LogP contribution is -2.34. The van der Waals surface area contributed by atoms with Gasteiger partial charge in [-0.05, 0) is 42.7 Å². The minimum absolute atomic E-state index is 0.322. The average molecular weight is 260 g/mol. The molecule has 1 aliphatic heterocycles. The first-order valence-electron chi connectivity index (χ1n) is 7.57. The molecular formula is C16H24N2O. The van der Waals surface area contributed by atoms with Crippen molar-refractivity contribution in [3.8, 4) is 0 Å². The molecular weight excluding hydrogens is 236 g/mol. The first kappa shape index (κ1) is 12.9. The van der Waals surface area contributed by atoms with Gasteiger partial charge in [0.05, 0.1) is 0 Å². The lowest BCUT2D eigenvalue weighted by molar-refractivity contribution is 0.205. The fourth-order valence-electron chi connectivity index (χ4n) is 3.49. The summed E-state index contributed by atoms with van der Waals surface area (Å²) in [5.74, 6) is 0.451. The van der Waals surface area contributed by atoms with Crippen molar-refractivity contribution in [2.45, 2.75) is 44.7 Å². The summed E-state index contributed by atoms with van der Waals surface area (Å²) < 4.78 is 0. The van der Waals surface area contributed by atoms with Gasteiger partial charge in [0.2, 0.25) is 0 Å². The van der Waals surface area contributed by atoms with Gasteiger partial charge in [0, 0.05) is 31.4 Å². The molecule has 1 fully saturated rings. The summed E-state index contributed by atoms with van der Waals surface area (Å²) >= 11 is 0. The van der Waals surface area contributed by atoms with E-state index in [4.69, 9.17) is 0 Å². The van der Waals surface area contributed by atoms with Crippen LogP contribution in [0, 0.1) is 5.92 Å². The van der Waals surface area contributed by atoms with Gasteiger partial charge in [-0.3, -0.25) is 0 Å². The number of aryl methyl sites for hydroxylation is 1. The van der Waals surface area contributed by atoms with E-state index in [1.165, 1.54) is 48.9 Å². The number of para-hydroxylation sites is 1. The summed E-state index contributed by atoms with van der Waals surface area (Å²) in [5, 5.41) is 16.6. The highest BCUT2D eigenvalue weighted by Crippen LogP contribution is 2.28. The van der Waals surface area contributed by atoms with Gasteiger partial charge in [-0.25, -0.2) is 0 Å². The lowest BCUT2D eigenvalue weighted by Gasteiger charge is -2.24. The third kappa shape index (κ3) is 2.77. The van der Waals surface area contributed by atoms with E-state index < -0.39 is 0 Å². The molecule has 1 heterocycles. The van der Waals surface area contributed by atoms with Crippen LogP contribution in [0.2, 0.25) is 0 Å². The maximum atomic E-state index is 9.37. The van der Waals surface area contributed by atoms with Crippen LogP contribution in [0.15, 0.2) is 18.2 Å². The third-order valence-electron chi connectivity index (χ3n) is 4.61. The van der Waals surface area contributed by atoms with Crippen molar-refractivity contribution in [3.63, 3.8) is 0 Å². The number of rotatable bonds is 4. The predicted octanol–water partition coefficient (Wildman–Crippen LogP) is 2.30. The van der Waals surface area contributed by atoms with Crippen molar-refractivity contribution in [2.75, 3.05) is 18.5 Å². The Morgan fingerprint density at radius 2 is 2.21 bits per heavy atom. The summed E-state index contributed by atoms with van der Waals surface area (Å²) in [7, 11) is 0. The van der Waals surface area contributed by atoms with Crippen molar-refractivity contribution >= 4 is 5.69 Å². The summed E-state index contributed by atoms with van der Waals surface area (Å²) in [6.07, 6.45) is 6.04. The second-order valence-electron chi connectivity index (χ2n) is 5.84. The quantitative estimate of drug-likeness (QED) is 0.778. The molecule has 3 rings (SSSR count). The molecule has 2 unspecified atom stereocenters. The first-order chi connectivity index (χ1) is 9.38. The van der Waals surface area contributed by atoms with Crippen LogP contribution < -0.4 is 10.6 Å².